The molecule has 3 rings (SSSR count). The van der Waals surface area contributed by atoms with E-state index < -0.39 is 0 Å². The summed E-state index contributed by atoms with van der Waals surface area (Å²) in [5.41, 5.74) is 2.18. The number of fused-ring (bicyclic) bond motifs is 1. The van der Waals surface area contributed by atoms with Crippen molar-refractivity contribution in [3.8, 4) is 5.75 Å². The highest BCUT2D eigenvalue weighted by Gasteiger charge is 2.10. The molecule has 0 saturated heterocycles. The molecule has 0 radical (unpaired) electrons. The van der Waals surface area contributed by atoms with E-state index in [4.69, 9.17) is 27.9 Å². The molecule has 0 unspecified atom stereocenters. The topological polar surface area (TPSA) is 69.0 Å². The molecule has 1 amide bonds. The molecule has 8 heteroatoms. The van der Waals surface area contributed by atoms with Crippen LogP contribution in [-0.4, -0.2) is 27.3 Å². The summed E-state index contributed by atoms with van der Waals surface area (Å²) >= 11 is 11.8. The number of hydrogen-bond donors (Lipinski definition) is 1. The van der Waals surface area contributed by atoms with Gasteiger partial charge >= 0.3 is 0 Å². The molecule has 0 aliphatic rings. The van der Waals surface area contributed by atoms with Crippen LogP contribution in [0.2, 0.25) is 10.0 Å². The first-order chi connectivity index (χ1) is 11.4. The number of hydrogen-bond acceptors (Lipinski definition) is 4. The Morgan fingerprint density at radius 2 is 2.12 bits per heavy atom. The zero-order valence-electron chi connectivity index (χ0n) is 13.0. The van der Waals surface area contributed by atoms with Gasteiger partial charge in [-0.15, -0.1) is 0 Å². The van der Waals surface area contributed by atoms with E-state index in [1.807, 2.05) is 20.0 Å². The number of benzene rings is 1. The van der Waals surface area contributed by atoms with Gasteiger partial charge in [0.15, 0.2) is 12.3 Å². The Labute approximate surface area is 148 Å². The number of amides is 1. The number of ether oxygens (including phenoxy) is 1. The van der Waals surface area contributed by atoms with E-state index in [9.17, 15) is 4.79 Å². The van der Waals surface area contributed by atoms with Crippen molar-refractivity contribution < 1.29 is 9.53 Å². The number of pyridine rings is 1. The van der Waals surface area contributed by atoms with Gasteiger partial charge in [0, 0.05) is 17.5 Å². The van der Waals surface area contributed by atoms with Gasteiger partial charge in [0.05, 0.1) is 22.6 Å². The van der Waals surface area contributed by atoms with Crippen LogP contribution in [0, 0.1) is 6.92 Å². The molecule has 1 N–H and O–H groups in total. The quantitative estimate of drug-likeness (QED) is 0.767. The third-order valence-electron chi connectivity index (χ3n) is 3.40. The van der Waals surface area contributed by atoms with Crippen LogP contribution < -0.4 is 10.1 Å². The lowest BCUT2D eigenvalue weighted by molar-refractivity contribution is -0.118. The van der Waals surface area contributed by atoms with Crippen molar-refractivity contribution in [2.75, 3.05) is 11.9 Å². The summed E-state index contributed by atoms with van der Waals surface area (Å²) < 4.78 is 7.10. The number of aromatic nitrogens is 3. The number of anilines is 1. The molecule has 2 aromatic heterocycles. The summed E-state index contributed by atoms with van der Waals surface area (Å²) in [5.74, 6) is 0.0802. The Morgan fingerprint density at radius 3 is 2.88 bits per heavy atom. The first-order valence-electron chi connectivity index (χ1n) is 7.11. The van der Waals surface area contributed by atoms with Crippen molar-refractivity contribution in [3.05, 3.63) is 46.2 Å². The predicted octanol–water partition coefficient (Wildman–Crippen LogP) is 3.60. The van der Waals surface area contributed by atoms with Crippen molar-refractivity contribution in [1.29, 1.82) is 0 Å². The normalized spacial score (nSPS) is 10.8. The fraction of sp³-hybridized carbons (Fsp3) is 0.188. The predicted molar refractivity (Wildman–Crippen MR) is 93.8 cm³/mol. The average Bonchev–Trinajstić information content (AvgIpc) is 2.81. The molecule has 0 saturated carbocycles. The Morgan fingerprint density at radius 1 is 1.33 bits per heavy atom. The van der Waals surface area contributed by atoms with Crippen LogP contribution in [0.25, 0.3) is 11.0 Å². The Kier molecular flexibility index (Phi) is 4.59. The largest absolute Gasteiger partial charge is 0.482 e. The van der Waals surface area contributed by atoms with Crippen LogP contribution >= 0.6 is 23.2 Å². The zero-order chi connectivity index (χ0) is 17.3. The van der Waals surface area contributed by atoms with Gasteiger partial charge in [-0.2, -0.15) is 5.10 Å². The first-order valence-corrected chi connectivity index (χ1v) is 7.86. The molecule has 0 atom stereocenters. The number of rotatable bonds is 4. The highest BCUT2D eigenvalue weighted by molar-refractivity contribution is 6.35. The van der Waals surface area contributed by atoms with Gasteiger partial charge in [-0.3, -0.25) is 9.48 Å². The van der Waals surface area contributed by atoms with E-state index in [1.54, 1.807) is 29.1 Å². The Bertz CT molecular complexity index is 924. The van der Waals surface area contributed by atoms with Crippen LogP contribution in [0.15, 0.2) is 30.5 Å². The van der Waals surface area contributed by atoms with Gasteiger partial charge in [-0.25, -0.2) is 4.98 Å². The third kappa shape index (κ3) is 3.44. The van der Waals surface area contributed by atoms with Crippen LogP contribution in [0.5, 0.6) is 5.75 Å². The van der Waals surface area contributed by atoms with Gasteiger partial charge in [0.25, 0.3) is 5.91 Å². The maximum Gasteiger partial charge on any atom is 0.262 e. The minimum atomic E-state index is -0.316. The lowest BCUT2D eigenvalue weighted by atomic mass is 10.2. The molecule has 3 aromatic rings. The summed E-state index contributed by atoms with van der Waals surface area (Å²) in [7, 11) is 1.82. The number of carbonyl (C=O) groups excluding carboxylic acids is 1. The molecular formula is C16H14Cl2N4O2. The lowest BCUT2D eigenvalue weighted by Gasteiger charge is -2.09. The number of nitrogens with one attached hydrogen (secondary N) is 1. The second-order valence-electron chi connectivity index (χ2n) is 5.22. The Hall–Kier alpha value is -2.31. The summed E-state index contributed by atoms with van der Waals surface area (Å²) in [6.07, 6.45) is 1.58. The highest BCUT2D eigenvalue weighted by atomic mass is 35.5. The molecule has 6 nitrogen and oxygen atoms in total. The van der Waals surface area contributed by atoms with E-state index in [-0.39, 0.29) is 12.5 Å². The van der Waals surface area contributed by atoms with E-state index in [2.05, 4.69) is 15.4 Å². The maximum atomic E-state index is 12.0. The maximum absolute atomic E-state index is 12.0. The van der Waals surface area contributed by atoms with Gasteiger partial charge in [-0.05, 0) is 31.2 Å². The molecule has 0 fully saturated rings. The molecule has 0 spiro atoms. The SMILES string of the molecule is Cc1nn(C)c2ncc(NC(=O)COc3ccc(Cl)cc3Cl)cc12. The fourth-order valence-electron chi connectivity index (χ4n) is 2.31. The summed E-state index contributed by atoms with van der Waals surface area (Å²) in [6.45, 7) is 1.71. The zero-order valence-corrected chi connectivity index (χ0v) is 14.5. The highest BCUT2D eigenvalue weighted by Crippen LogP contribution is 2.27. The van der Waals surface area contributed by atoms with Crippen LogP contribution in [0.3, 0.4) is 0 Å². The number of carbonyl (C=O) groups is 1. The number of nitrogens with zero attached hydrogens (tertiary/aromatic N) is 3. The molecular weight excluding hydrogens is 351 g/mol. The molecule has 124 valence electrons. The van der Waals surface area contributed by atoms with Gasteiger partial charge in [0.1, 0.15) is 5.75 Å². The van der Waals surface area contributed by atoms with Crippen molar-refractivity contribution >= 4 is 45.8 Å². The number of aryl methyl sites for hydroxylation is 2. The van der Waals surface area contributed by atoms with E-state index >= 15 is 0 Å². The first kappa shape index (κ1) is 16.5. The standard InChI is InChI=1S/C16H14Cl2N4O2/c1-9-12-6-11(7-19-16(12)22(2)21-9)20-15(23)8-24-14-4-3-10(17)5-13(14)18/h3-7H,8H2,1-2H3,(H,20,23). The second kappa shape index (κ2) is 6.67. The summed E-state index contributed by atoms with van der Waals surface area (Å²) in [4.78, 5) is 16.3. The average molecular weight is 365 g/mol. The van der Waals surface area contributed by atoms with Gasteiger partial charge in [-0.1, -0.05) is 23.2 Å². The summed E-state index contributed by atoms with van der Waals surface area (Å²) in [6, 6.07) is 6.64. The van der Waals surface area contributed by atoms with E-state index in [1.165, 1.54) is 0 Å². The summed E-state index contributed by atoms with van der Waals surface area (Å²) in [5, 5.41) is 8.77. The lowest BCUT2D eigenvalue weighted by Crippen LogP contribution is -2.20. The van der Waals surface area contributed by atoms with Crippen LogP contribution in [-0.2, 0) is 11.8 Å². The van der Waals surface area contributed by atoms with Crippen LogP contribution in [0.4, 0.5) is 5.69 Å². The second-order valence-corrected chi connectivity index (χ2v) is 6.06. The van der Waals surface area contributed by atoms with Crippen LogP contribution in [0.1, 0.15) is 5.69 Å². The van der Waals surface area contributed by atoms with E-state index in [0.29, 0.717) is 21.5 Å². The molecule has 0 aliphatic heterocycles. The smallest absolute Gasteiger partial charge is 0.262 e. The molecule has 0 aliphatic carbocycles. The number of halogens is 2. The van der Waals surface area contributed by atoms with Gasteiger partial charge < -0.3 is 10.1 Å². The molecule has 2 heterocycles. The van der Waals surface area contributed by atoms with Crippen molar-refractivity contribution in [3.63, 3.8) is 0 Å². The minimum Gasteiger partial charge on any atom is -0.482 e. The molecule has 1 aromatic carbocycles. The minimum absolute atomic E-state index is 0.175. The third-order valence-corrected chi connectivity index (χ3v) is 3.93. The van der Waals surface area contributed by atoms with E-state index in [0.717, 1.165) is 16.7 Å². The molecule has 0 bridgehead atoms. The fourth-order valence-corrected chi connectivity index (χ4v) is 2.77. The monoisotopic (exact) mass is 364 g/mol. The van der Waals surface area contributed by atoms with Gasteiger partial charge in [0.2, 0.25) is 0 Å². The van der Waals surface area contributed by atoms with Crippen molar-refractivity contribution in [2.24, 2.45) is 7.05 Å². The van der Waals surface area contributed by atoms with Crippen molar-refractivity contribution in [1.82, 2.24) is 14.8 Å². The Balaban J connectivity index is 1.67. The molecule has 24 heavy (non-hydrogen) atoms. The van der Waals surface area contributed by atoms with Crippen molar-refractivity contribution in [2.45, 2.75) is 6.92 Å².